The fourth-order valence-electron chi connectivity index (χ4n) is 3.07. The first kappa shape index (κ1) is 17.4. The zero-order valence-electron chi connectivity index (χ0n) is 14.3. The average molecular weight is 381 g/mol. The van der Waals surface area contributed by atoms with Crippen molar-refractivity contribution in [2.75, 3.05) is 11.9 Å². The van der Waals surface area contributed by atoms with Gasteiger partial charge in [-0.15, -0.1) is 11.3 Å². The maximum atomic E-state index is 13.7. The molecule has 2 heterocycles. The minimum atomic E-state index is -0.602. The minimum Gasteiger partial charge on any atom is -0.333 e. The zero-order valence-corrected chi connectivity index (χ0v) is 15.1. The summed E-state index contributed by atoms with van der Waals surface area (Å²) in [7, 11) is 0. The molecule has 1 N–H and O–H groups in total. The third-order valence-corrected chi connectivity index (χ3v) is 5.24. The lowest BCUT2D eigenvalue weighted by Crippen LogP contribution is -2.36. The van der Waals surface area contributed by atoms with Crippen LogP contribution >= 0.6 is 11.3 Å². The van der Waals surface area contributed by atoms with E-state index in [9.17, 15) is 14.0 Å². The van der Waals surface area contributed by atoms with Gasteiger partial charge in [-0.3, -0.25) is 14.9 Å². The van der Waals surface area contributed by atoms with E-state index in [-0.39, 0.29) is 22.3 Å². The van der Waals surface area contributed by atoms with Gasteiger partial charge in [-0.05, 0) is 29.7 Å². The Morgan fingerprint density at radius 1 is 1.07 bits per heavy atom. The predicted octanol–water partition coefficient (Wildman–Crippen LogP) is 3.73. The largest absolute Gasteiger partial charge is 0.333 e. The summed E-state index contributed by atoms with van der Waals surface area (Å²) >= 11 is 1.14. The molecule has 1 aromatic heterocycles. The monoisotopic (exact) mass is 381 g/mol. The van der Waals surface area contributed by atoms with Gasteiger partial charge in [0.15, 0.2) is 5.13 Å². The van der Waals surface area contributed by atoms with Gasteiger partial charge < -0.3 is 4.90 Å². The van der Waals surface area contributed by atoms with Crippen LogP contribution in [0.4, 0.5) is 9.52 Å². The SMILES string of the molecule is O=C(Nc1nc(C(=O)N2CCc3ccccc3C2)cs1)c1ccccc1F. The molecule has 0 saturated carbocycles. The lowest BCUT2D eigenvalue weighted by molar-refractivity contribution is 0.0729. The highest BCUT2D eigenvalue weighted by Gasteiger charge is 2.24. The molecule has 0 atom stereocenters. The molecule has 0 aliphatic carbocycles. The smallest absolute Gasteiger partial charge is 0.273 e. The molecule has 1 aliphatic heterocycles. The van der Waals surface area contributed by atoms with Crippen LogP contribution in [0.25, 0.3) is 0 Å². The van der Waals surface area contributed by atoms with Gasteiger partial charge in [0.2, 0.25) is 0 Å². The van der Waals surface area contributed by atoms with Crippen molar-refractivity contribution in [2.24, 2.45) is 0 Å². The van der Waals surface area contributed by atoms with Gasteiger partial charge in [0.25, 0.3) is 11.8 Å². The van der Waals surface area contributed by atoms with Gasteiger partial charge in [0.1, 0.15) is 11.5 Å². The number of amides is 2. The fraction of sp³-hybridized carbons (Fsp3) is 0.150. The Kier molecular flexibility index (Phi) is 4.68. The van der Waals surface area contributed by atoms with Crippen LogP contribution in [0.15, 0.2) is 53.9 Å². The average Bonchev–Trinajstić information content (AvgIpc) is 3.15. The first-order valence-corrected chi connectivity index (χ1v) is 9.37. The number of carbonyl (C=O) groups excluding carboxylic acids is 2. The Morgan fingerprint density at radius 2 is 1.81 bits per heavy atom. The number of halogens is 1. The minimum absolute atomic E-state index is 0.0618. The summed E-state index contributed by atoms with van der Waals surface area (Å²) in [6, 6.07) is 13.8. The third kappa shape index (κ3) is 3.59. The topological polar surface area (TPSA) is 62.3 Å². The number of thiazole rings is 1. The van der Waals surface area contributed by atoms with Crippen molar-refractivity contribution in [1.82, 2.24) is 9.88 Å². The van der Waals surface area contributed by atoms with E-state index in [2.05, 4.69) is 16.4 Å². The highest BCUT2D eigenvalue weighted by atomic mass is 32.1. The number of rotatable bonds is 3. The normalized spacial score (nSPS) is 13.1. The van der Waals surface area contributed by atoms with E-state index in [1.807, 2.05) is 18.2 Å². The number of hydrogen-bond donors (Lipinski definition) is 1. The number of anilines is 1. The van der Waals surface area contributed by atoms with Gasteiger partial charge in [0.05, 0.1) is 5.56 Å². The molecule has 0 radical (unpaired) electrons. The van der Waals surface area contributed by atoms with Crippen LogP contribution in [0.2, 0.25) is 0 Å². The lowest BCUT2D eigenvalue weighted by Gasteiger charge is -2.28. The highest BCUT2D eigenvalue weighted by molar-refractivity contribution is 7.14. The molecule has 5 nitrogen and oxygen atoms in total. The predicted molar refractivity (Wildman–Crippen MR) is 101 cm³/mol. The van der Waals surface area contributed by atoms with Crippen LogP contribution in [-0.2, 0) is 13.0 Å². The summed E-state index contributed by atoms with van der Waals surface area (Å²) in [6.07, 6.45) is 0.808. The van der Waals surface area contributed by atoms with Crippen LogP contribution in [0, 0.1) is 5.82 Å². The molecule has 1 aliphatic rings. The van der Waals surface area contributed by atoms with Crippen molar-refractivity contribution in [1.29, 1.82) is 0 Å². The lowest BCUT2D eigenvalue weighted by atomic mass is 10.00. The number of nitrogens with zero attached hydrogens (tertiary/aromatic N) is 2. The van der Waals surface area contributed by atoms with E-state index >= 15 is 0 Å². The maximum Gasteiger partial charge on any atom is 0.273 e. The Balaban J connectivity index is 1.46. The molecule has 7 heteroatoms. The second-order valence-electron chi connectivity index (χ2n) is 6.22. The van der Waals surface area contributed by atoms with E-state index in [1.54, 1.807) is 16.3 Å². The molecule has 0 bridgehead atoms. The quantitative estimate of drug-likeness (QED) is 0.752. The molecule has 0 unspecified atom stereocenters. The van der Waals surface area contributed by atoms with Crippen LogP contribution in [0.5, 0.6) is 0 Å². The Bertz CT molecular complexity index is 1020. The van der Waals surface area contributed by atoms with Gasteiger partial charge in [-0.2, -0.15) is 0 Å². The summed E-state index contributed by atoms with van der Waals surface area (Å²) < 4.78 is 13.7. The summed E-state index contributed by atoms with van der Waals surface area (Å²) in [5.74, 6) is -1.37. The van der Waals surface area contributed by atoms with Crippen LogP contribution in [0.3, 0.4) is 0 Å². The van der Waals surface area contributed by atoms with E-state index in [0.29, 0.717) is 13.1 Å². The summed E-state index contributed by atoms with van der Waals surface area (Å²) in [5.41, 5.74) is 2.62. The van der Waals surface area contributed by atoms with E-state index in [1.165, 1.54) is 23.8 Å². The third-order valence-electron chi connectivity index (χ3n) is 4.48. The maximum absolute atomic E-state index is 13.7. The molecule has 27 heavy (non-hydrogen) atoms. The molecular weight excluding hydrogens is 365 g/mol. The molecule has 0 saturated heterocycles. The van der Waals surface area contributed by atoms with E-state index < -0.39 is 11.7 Å². The van der Waals surface area contributed by atoms with E-state index in [0.717, 1.165) is 23.3 Å². The second-order valence-corrected chi connectivity index (χ2v) is 7.08. The Labute approximate surface area is 159 Å². The summed E-state index contributed by atoms with van der Waals surface area (Å²) in [6.45, 7) is 1.17. The van der Waals surface area contributed by atoms with Crippen LogP contribution in [-0.4, -0.2) is 28.2 Å². The summed E-state index contributed by atoms with van der Waals surface area (Å²) in [5, 5.41) is 4.43. The molecule has 3 aromatic rings. The van der Waals surface area contributed by atoms with Gasteiger partial charge in [0, 0.05) is 18.5 Å². The van der Waals surface area contributed by atoms with Crippen LogP contribution in [0.1, 0.15) is 32.0 Å². The first-order valence-electron chi connectivity index (χ1n) is 8.49. The van der Waals surface area contributed by atoms with E-state index in [4.69, 9.17) is 0 Å². The number of fused-ring (bicyclic) bond motifs is 1. The summed E-state index contributed by atoms with van der Waals surface area (Å²) in [4.78, 5) is 30.9. The Hall–Kier alpha value is -3.06. The van der Waals surface area contributed by atoms with Crippen molar-refractivity contribution >= 4 is 28.3 Å². The molecule has 2 amide bonds. The van der Waals surface area contributed by atoms with Crippen LogP contribution < -0.4 is 5.32 Å². The molecule has 0 fully saturated rings. The molecule has 0 spiro atoms. The van der Waals surface area contributed by atoms with Gasteiger partial charge in [-0.1, -0.05) is 36.4 Å². The zero-order chi connectivity index (χ0) is 18.8. The molecular formula is C20H16FN3O2S. The standard InChI is InChI=1S/C20H16FN3O2S/c21-16-8-4-3-7-15(16)18(25)23-20-22-17(12-27-20)19(26)24-10-9-13-5-1-2-6-14(13)11-24/h1-8,12H,9-11H2,(H,22,23,25). The van der Waals surface area contributed by atoms with Crippen molar-refractivity contribution in [3.8, 4) is 0 Å². The number of hydrogen-bond acceptors (Lipinski definition) is 4. The number of benzene rings is 2. The van der Waals surface area contributed by atoms with Crippen molar-refractivity contribution in [2.45, 2.75) is 13.0 Å². The van der Waals surface area contributed by atoms with Gasteiger partial charge >= 0.3 is 0 Å². The first-order chi connectivity index (χ1) is 13.1. The number of aromatic nitrogens is 1. The number of carbonyl (C=O) groups is 2. The Morgan fingerprint density at radius 3 is 2.63 bits per heavy atom. The molecule has 136 valence electrons. The second kappa shape index (κ2) is 7.28. The highest BCUT2D eigenvalue weighted by Crippen LogP contribution is 2.23. The van der Waals surface area contributed by atoms with Crippen molar-refractivity contribution in [3.63, 3.8) is 0 Å². The molecule has 2 aromatic carbocycles. The van der Waals surface area contributed by atoms with Crippen molar-refractivity contribution < 1.29 is 14.0 Å². The fourth-order valence-corrected chi connectivity index (χ4v) is 3.75. The van der Waals surface area contributed by atoms with Gasteiger partial charge in [-0.25, -0.2) is 9.37 Å². The van der Waals surface area contributed by atoms with Crippen molar-refractivity contribution in [3.05, 3.63) is 82.1 Å². The molecule has 4 rings (SSSR count). The number of nitrogens with one attached hydrogen (secondary N) is 1.